The maximum atomic E-state index is 12.8. The molecule has 0 saturated carbocycles. The lowest BCUT2D eigenvalue weighted by molar-refractivity contribution is -0.137. The van der Waals surface area contributed by atoms with Crippen molar-refractivity contribution < 1.29 is 13.2 Å². The number of nitrogens with zero attached hydrogens (tertiary/aromatic N) is 3. The molecule has 102 valence electrons. The molecule has 0 saturated heterocycles. The van der Waals surface area contributed by atoms with Crippen molar-refractivity contribution in [3.05, 3.63) is 48.3 Å². The number of benzene rings is 1. The Kier molecular flexibility index (Phi) is 3.61. The molecular weight excluding hydrogens is 267 g/mol. The maximum Gasteiger partial charge on any atom is 0.416 e. The van der Waals surface area contributed by atoms with E-state index >= 15 is 0 Å². The van der Waals surface area contributed by atoms with Crippen molar-refractivity contribution in [1.82, 2.24) is 9.78 Å². The van der Waals surface area contributed by atoms with Gasteiger partial charge in [-0.1, -0.05) is 12.7 Å². The van der Waals surface area contributed by atoms with Crippen LogP contribution in [-0.4, -0.2) is 9.78 Å². The minimum absolute atomic E-state index is 0.0489. The van der Waals surface area contributed by atoms with Crippen LogP contribution in [0.5, 0.6) is 0 Å². The number of aromatic nitrogens is 2. The molecule has 0 aliphatic rings. The van der Waals surface area contributed by atoms with Crippen molar-refractivity contribution in [1.29, 1.82) is 5.26 Å². The van der Waals surface area contributed by atoms with Gasteiger partial charge in [0.15, 0.2) is 0 Å². The molecule has 1 heterocycles. The molecular formula is C14H10F3N3. The fourth-order valence-corrected chi connectivity index (χ4v) is 1.77. The van der Waals surface area contributed by atoms with Gasteiger partial charge in [0.2, 0.25) is 0 Å². The summed E-state index contributed by atoms with van der Waals surface area (Å²) in [5, 5.41) is 12.5. The number of hydrogen-bond donors (Lipinski definition) is 0. The van der Waals surface area contributed by atoms with Crippen LogP contribution in [0.4, 0.5) is 13.2 Å². The highest BCUT2D eigenvalue weighted by Crippen LogP contribution is 2.33. The zero-order valence-corrected chi connectivity index (χ0v) is 10.4. The Morgan fingerprint density at radius 1 is 1.30 bits per heavy atom. The average Bonchev–Trinajstić information content (AvgIpc) is 2.86. The summed E-state index contributed by atoms with van der Waals surface area (Å²) < 4.78 is 39.8. The predicted molar refractivity (Wildman–Crippen MR) is 68.4 cm³/mol. The first kappa shape index (κ1) is 13.9. The van der Waals surface area contributed by atoms with E-state index in [1.807, 2.05) is 6.07 Å². The Morgan fingerprint density at radius 3 is 2.65 bits per heavy atom. The summed E-state index contributed by atoms with van der Waals surface area (Å²) in [5.74, 6) is 0. The average molecular weight is 277 g/mol. The largest absolute Gasteiger partial charge is 0.416 e. The first-order chi connectivity index (χ1) is 9.44. The van der Waals surface area contributed by atoms with E-state index in [4.69, 9.17) is 5.26 Å². The van der Waals surface area contributed by atoms with Crippen LogP contribution in [-0.2, 0) is 12.7 Å². The summed E-state index contributed by atoms with van der Waals surface area (Å²) in [6.07, 6.45) is -0.0971. The van der Waals surface area contributed by atoms with Gasteiger partial charge in [0.1, 0.15) is 6.54 Å². The van der Waals surface area contributed by atoms with Crippen LogP contribution in [0.15, 0.2) is 37.2 Å². The monoisotopic (exact) mass is 277 g/mol. The van der Waals surface area contributed by atoms with Gasteiger partial charge >= 0.3 is 6.18 Å². The molecule has 0 unspecified atom stereocenters. The highest BCUT2D eigenvalue weighted by Gasteiger charge is 2.31. The smallest absolute Gasteiger partial charge is 0.258 e. The third-order valence-electron chi connectivity index (χ3n) is 2.72. The van der Waals surface area contributed by atoms with Gasteiger partial charge in [0.25, 0.3) is 0 Å². The molecule has 1 aromatic carbocycles. The van der Waals surface area contributed by atoms with Crippen molar-refractivity contribution in [3.63, 3.8) is 0 Å². The first-order valence-corrected chi connectivity index (χ1v) is 5.68. The zero-order chi connectivity index (χ0) is 14.8. The summed E-state index contributed by atoms with van der Waals surface area (Å²) in [7, 11) is 0. The van der Waals surface area contributed by atoms with Crippen LogP contribution in [0.3, 0.4) is 0 Å². The van der Waals surface area contributed by atoms with Gasteiger partial charge in [-0.2, -0.15) is 23.5 Å². The topological polar surface area (TPSA) is 41.6 Å². The zero-order valence-electron chi connectivity index (χ0n) is 10.4. The van der Waals surface area contributed by atoms with Crippen LogP contribution in [0.25, 0.3) is 17.2 Å². The molecule has 0 fully saturated rings. The van der Waals surface area contributed by atoms with Gasteiger partial charge in [-0.25, -0.2) is 0 Å². The lowest BCUT2D eigenvalue weighted by Crippen LogP contribution is -2.05. The molecule has 20 heavy (non-hydrogen) atoms. The lowest BCUT2D eigenvalue weighted by Gasteiger charge is -2.10. The van der Waals surface area contributed by atoms with Gasteiger partial charge in [-0.15, -0.1) is 0 Å². The second-order valence-corrected chi connectivity index (χ2v) is 4.13. The number of hydrogen-bond acceptors (Lipinski definition) is 2. The third kappa shape index (κ3) is 2.88. The standard InChI is InChI=1S/C14H10F3N3/c1-2-10-5-11(7-13(6-10)14(15,16)17)12-8-19-20(9-12)4-3-18/h2,5-9H,1,4H2. The van der Waals surface area contributed by atoms with E-state index in [1.54, 1.807) is 6.07 Å². The normalized spacial score (nSPS) is 11.1. The summed E-state index contributed by atoms with van der Waals surface area (Å²) in [6.45, 7) is 3.54. The summed E-state index contributed by atoms with van der Waals surface area (Å²) in [4.78, 5) is 0. The molecule has 1 aromatic heterocycles. The van der Waals surface area contributed by atoms with E-state index in [1.165, 1.54) is 23.2 Å². The summed E-state index contributed by atoms with van der Waals surface area (Å²) in [5.41, 5.74) is 0.550. The van der Waals surface area contributed by atoms with E-state index in [9.17, 15) is 13.2 Å². The molecule has 0 bridgehead atoms. The minimum Gasteiger partial charge on any atom is -0.258 e. The second kappa shape index (κ2) is 5.21. The molecule has 0 atom stereocenters. The number of nitriles is 1. The van der Waals surface area contributed by atoms with Gasteiger partial charge in [0.05, 0.1) is 17.8 Å². The first-order valence-electron chi connectivity index (χ1n) is 5.68. The quantitative estimate of drug-likeness (QED) is 0.857. The Bertz CT molecular complexity index is 678. The number of halogens is 3. The van der Waals surface area contributed by atoms with Crippen LogP contribution in [0.1, 0.15) is 11.1 Å². The van der Waals surface area contributed by atoms with E-state index < -0.39 is 11.7 Å². The van der Waals surface area contributed by atoms with Crippen LogP contribution in [0, 0.1) is 11.3 Å². The third-order valence-corrected chi connectivity index (χ3v) is 2.72. The molecule has 0 spiro atoms. The van der Waals surface area contributed by atoms with Crippen molar-refractivity contribution in [3.8, 4) is 17.2 Å². The van der Waals surface area contributed by atoms with E-state index in [0.29, 0.717) is 16.7 Å². The molecule has 0 N–H and O–H groups in total. The lowest BCUT2D eigenvalue weighted by atomic mass is 10.0. The summed E-state index contributed by atoms with van der Waals surface area (Å²) >= 11 is 0. The van der Waals surface area contributed by atoms with Crippen LogP contribution >= 0.6 is 0 Å². The van der Waals surface area contributed by atoms with Gasteiger partial charge in [-0.05, 0) is 29.3 Å². The Balaban J connectivity index is 2.50. The van der Waals surface area contributed by atoms with Crippen LogP contribution < -0.4 is 0 Å². The molecule has 2 aromatic rings. The van der Waals surface area contributed by atoms with Gasteiger partial charge < -0.3 is 0 Å². The van der Waals surface area contributed by atoms with E-state index in [0.717, 1.165) is 12.1 Å². The van der Waals surface area contributed by atoms with Crippen molar-refractivity contribution in [2.45, 2.75) is 12.7 Å². The van der Waals surface area contributed by atoms with Crippen LogP contribution in [0.2, 0.25) is 0 Å². The molecule has 2 rings (SSSR count). The Labute approximate surface area is 113 Å². The molecule has 0 radical (unpaired) electrons. The van der Waals surface area contributed by atoms with E-state index in [2.05, 4.69) is 11.7 Å². The molecule has 0 aliphatic heterocycles. The van der Waals surface area contributed by atoms with Crippen molar-refractivity contribution in [2.75, 3.05) is 0 Å². The van der Waals surface area contributed by atoms with E-state index in [-0.39, 0.29) is 6.54 Å². The molecule has 6 heteroatoms. The molecule has 3 nitrogen and oxygen atoms in total. The van der Waals surface area contributed by atoms with Gasteiger partial charge in [-0.3, -0.25) is 4.68 Å². The highest BCUT2D eigenvalue weighted by atomic mass is 19.4. The van der Waals surface area contributed by atoms with Crippen molar-refractivity contribution >= 4 is 6.08 Å². The Morgan fingerprint density at radius 2 is 2.05 bits per heavy atom. The minimum atomic E-state index is -4.42. The van der Waals surface area contributed by atoms with Gasteiger partial charge in [0, 0.05) is 11.8 Å². The fourth-order valence-electron chi connectivity index (χ4n) is 1.77. The van der Waals surface area contributed by atoms with Crippen molar-refractivity contribution in [2.24, 2.45) is 0 Å². The molecule has 0 amide bonds. The molecule has 0 aliphatic carbocycles. The fraction of sp³-hybridized carbons (Fsp3) is 0.143. The maximum absolute atomic E-state index is 12.8. The SMILES string of the molecule is C=Cc1cc(-c2cnn(CC#N)c2)cc(C(F)(F)F)c1. The number of alkyl halides is 3. The number of rotatable bonds is 3. The Hall–Kier alpha value is -2.55. The summed E-state index contributed by atoms with van der Waals surface area (Å²) in [6, 6.07) is 5.60. The predicted octanol–water partition coefficient (Wildman–Crippen LogP) is 3.74. The second-order valence-electron chi connectivity index (χ2n) is 4.13. The highest BCUT2D eigenvalue weighted by molar-refractivity contribution is 5.67.